The van der Waals surface area contributed by atoms with E-state index in [1.54, 1.807) is 6.07 Å². The Bertz CT molecular complexity index is 1110. The number of ether oxygens (including phenoxy) is 1. The van der Waals surface area contributed by atoms with E-state index in [4.69, 9.17) is 4.74 Å². The summed E-state index contributed by atoms with van der Waals surface area (Å²) in [6.07, 6.45) is 1.79. The van der Waals surface area contributed by atoms with Crippen molar-refractivity contribution >= 4 is 23.8 Å². The van der Waals surface area contributed by atoms with Gasteiger partial charge in [0.05, 0.1) is 5.54 Å². The fraction of sp³-hybridized carbons (Fsp3) is 0.333. The highest BCUT2D eigenvalue weighted by Gasteiger charge is 2.46. The first-order valence-corrected chi connectivity index (χ1v) is 10.7. The molecule has 8 nitrogen and oxygen atoms in total. The number of piperidine rings is 1. The molecule has 0 aromatic heterocycles. The number of nitrogens with zero attached hydrogens (tertiary/aromatic N) is 1. The average molecular weight is 433 g/mol. The summed E-state index contributed by atoms with van der Waals surface area (Å²) in [5, 5.41) is 5.26. The lowest BCUT2D eigenvalue weighted by Crippen LogP contribution is -2.52. The number of alkyl carbamates (subject to hydrolysis) is 1. The highest BCUT2D eigenvalue weighted by molar-refractivity contribution is 6.05. The second kappa shape index (κ2) is 7.78. The third-order valence-corrected chi connectivity index (χ3v) is 6.38. The minimum Gasteiger partial charge on any atom is -0.445 e. The molecule has 32 heavy (non-hydrogen) atoms. The van der Waals surface area contributed by atoms with Crippen molar-refractivity contribution in [3.05, 3.63) is 70.8 Å². The molecule has 1 saturated heterocycles. The highest BCUT2D eigenvalue weighted by Crippen LogP contribution is 2.45. The van der Waals surface area contributed by atoms with Gasteiger partial charge in [-0.25, -0.2) is 4.79 Å². The Morgan fingerprint density at radius 3 is 2.62 bits per heavy atom. The zero-order valence-corrected chi connectivity index (χ0v) is 17.4. The molecule has 1 unspecified atom stereocenters. The molecule has 2 aromatic carbocycles. The number of nitrogens with one attached hydrogen (secondary N) is 2. The second-order valence-electron chi connectivity index (χ2n) is 8.54. The van der Waals surface area contributed by atoms with E-state index >= 15 is 0 Å². The van der Waals surface area contributed by atoms with Crippen molar-refractivity contribution in [1.82, 2.24) is 15.5 Å². The summed E-state index contributed by atoms with van der Waals surface area (Å²) in [4.78, 5) is 50.4. The van der Waals surface area contributed by atoms with E-state index in [0.29, 0.717) is 24.1 Å². The van der Waals surface area contributed by atoms with Crippen molar-refractivity contribution in [1.29, 1.82) is 0 Å². The Morgan fingerprint density at radius 2 is 1.91 bits per heavy atom. The standard InChI is InChI=1S/C24H23N3O5/c28-20-9-8-19(21(29)25-20)27-13-16-7-6-15(12-18(16)22(27)30)14-32-23(31)26-24(10-11-24)17-4-2-1-3-5-17/h1-7,12,19H,8-11,13-14H2,(H,26,31)(H,25,28,29). The molecule has 1 atom stereocenters. The van der Waals surface area contributed by atoms with Gasteiger partial charge in [-0.1, -0.05) is 42.5 Å². The van der Waals surface area contributed by atoms with E-state index in [-0.39, 0.29) is 30.4 Å². The quantitative estimate of drug-likeness (QED) is 0.705. The van der Waals surface area contributed by atoms with Crippen LogP contribution in [0.15, 0.2) is 48.5 Å². The van der Waals surface area contributed by atoms with Gasteiger partial charge in [-0.3, -0.25) is 19.7 Å². The van der Waals surface area contributed by atoms with Crippen molar-refractivity contribution in [3.8, 4) is 0 Å². The van der Waals surface area contributed by atoms with Crippen LogP contribution < -0.4 is 10.6 Å². The van der Waals surface area contributed by atoms with Gasteiger partial charge in [-0.15, -0.1) is 0 Å². The molecule has 8 heteroatoms. The molecule has 2 heterocycles. The zero-order valence-electron chi connectivity index (χ0n) is 17.4. The molecule has 1 aliphatic carbocycles. The van der Waals surface area contributed by atoms with Crippen molar-refractivity contribution in [2.45, 2.75) is 50.4 Å². The van der Waals surface area contributed by atoms with E-state index in [9.17, 15) is 19.2 Å². The smallest absolute Gasteiger partial charge is 0.408 e. The van der Waals surface area contributed by atoms with Crippen LogP contribution in [0.5, 0.6) is 0 Å². The number of rotatable bonds is 5. The molecule has 4 amide bonds. The summed E-state index contributed by atoms with van der Waals surface area (Å²) in [5.74, 6) is -0.995. The summed E-state index contributed by atoms with van der Waals surface area (Å²) in [6.45, 7) is 0.358. The Labute approximate surface area is 184 Å². The fourth-order valence-electron chi connectivity index (χ4n) is 4.44. The van der Waals surface area contributed by atoms with Crippen LogP contribution in [0, 0.1) is 0 Å². The predicted molar refractivity (Wildman–Crippen MR) is 113 cm³/mol. The summed E-state index contributed by atoms with van der Waals surface area (Å²) in [6, 6.07) is 14.5. The number of fused-ring (bicyclic) bond motifs is 1. The maximum absolute atomic E-state index is 12.9. The second-order valence-corrected chi connectivity index (χ2v) is 8.54. The van der Waals surface area contributed by atoms with Crippen LogP contribution in [0.25, 0.3) is 0 Å². The van der Waals surface area contributed by atoms with Crippen molar-refractivity contribution < 1.29 is 23.9 Å². The lowest BCUT2D eigenvalue weighted by atomic mass is 10.0. The number of carbonyl (C=O) groups is 4. The maximum Gasteiger partial charge on any atom is 0.408 e. The van der Waals surface area contributed by atoms with Gasteiger partial charge < -0.3 is 15.0 Å². The van der Waals surface area contributed by atoms with Crippen LogP contribution in [-0.4, -0.2) is 34.8 Å². The number of benzene rings is 2. The van der Waals surface area contributed by atoms with Crippen LogP contribution in [0.3, 0.4) is 0 Å². The van der Waals surface area contributed by atoms with E-state index in [1.807, 2.05) is 42.5 Å². The van der Waals surface area contributed by atoms with Crippen LogP contribution in [0.1, 0.15) is 52.7 Å². The molecule has 0 spiro atoms. The number of carbonyl (C=O) groups excluding carboxylic acids is 4. The van der Waals surface area contributed by atoms with Crippen molar-refractivity contribution in [2.24, 2.45) is 0 Å². The lowest BCUT2D eigenvalue weighted by Gasteiger charge is -2.29. The van der Waals surface area contributed by atoms with E-state index < -0.39 is 18.0 Å². The minimum absolute atomic E-state index is 0.0374. The van der Waals surface area contributed by atoms with Gasteiger partial charge in [0.15, 0.2) is 0 Å². The average Bonchev–Trinajstić information content (AvgIpc) is 3.50. The lowest BCUT2D eigenvalue weighted by molar-refractivity contribution is -0.136. The molecule has 2 aromatic rings. The van der Waals surface area contributed by atoms with Crippen LogP contribution in [0.2, 0.25) is 0 Å². The monoisotopic (exact) mass is 433 g/mol. The van der Waals surface area contributed by atoms with Gasteiger partial charge in [-0.2, -0.15) is 0 Å². The Hall–Kier alpha value is -3.68. The third kappa shape index (κ3) is 3.72. The molecule has 0 radical (unpaired) electrons. The molecule has 2 fully saturated rings. The minimum atomic E-state index is -0.647. The maximum atomic E-state index is 12.9. The number of hydrogen-bond donors (Lipinski definition) is 2. The molecule has 3 aliphatic rings. The Kier molecular flexibility index (Phi) is 4.92. The molecule has 2 aliphatic heterocycles. The first kappa shape index (κ1) is 20.2. The summed E-state index contributed by atoms with van der Waals surface area (Å²) < 4.78 is 5.42. The Morgan fingerprint density at radius 1 is 1.12 bits per heavy atom. The van der Waals surface area contributed by atoms with E-state index in [2.05, 4.69) is 10.6 Å². The molecule has 2 N–H and O–H groups in total. The molecule has 1 saturated carbocycles. The van der Waals surface area contributed by atoms with Gasteiger partial charge in [-0.05, 0) is 42.0 Å². The third-order valence-electron chi connectivity index (χ3n) is 6.38. The first-order chi connectivity index (χ1) is 15.4. The zero-order chi connectivity index (χ0) is 22.3. The number of imide groups is 1. The fourth-order valence-corrected chi connectivity index (χ4v) is 4.44. The van der Waals surface area contributed by atoms with Crippen molar-refractivity contribution in [3.63, 3.8) is 0 Å². The van der Waals surface area contributed by atoms with Crippen LogP contribution in [-0.2, 0) is 33.0 Å². The Balaban J connectivity index is 1.21. The van der Waals surface area contributed by atoms with Crippen molar-refractivity contribution in [2.75, 3.05) is 0 Å². The van der Waals surface area contributed by atoms with Gasteiger partial charge in [0.1, 0.15) is 12.6 Å². The van der Waals surface area contributed by atoms with Gasteiger partial charge >= 0.3 is 6.09 Å². The molecule has 0 bridgehead atoms. The predicted octanol–water partition coefficient (Wildman–Crippen LogP) is 2.36. The molecular formula is C24H23N3O5. The summed E-state index contributed by atoms with van der Waals surface area (Å²) in [5.41, 5.74) is 2.72. The molecule has 5 rings (SSSR count). The van der Waals surface area contributed by atoms with E-state index in [1.165, 1.54) is 4.90 Å². The summed E-state index contributed by atoms with van der Waals surface area (Å²) in [7, 11) is 0. The summed E-state index contributed by atoms with van der Waals surface area (Å²) >= 11 is 0. The highest BCUT2D eigenvalue weighted by atomic mass is 16.5. The normalized spacial score (nSPS) is 21.1. The van der Waals surface area contributed by atoms with Crippen LogP contribution >= 0.6 is 0 Å². The van der Waals surface area contributed by atoms with Crippen LogP contribution in [0.4, 0.5) is 4.79 Å². The first-order valence-electron chi connectivity index (χ1n) is 10.7. The van der Waals surface area contributed by atoms with E-state index in [0.717, 1.165) is 24.0 Å². The topological polar surface area (TPSA) is 105 Å². The van der Waals surface area contributed by atoms with Gasteiger partial charge in [0.25, 0.3) is 5.91 Å². The molecular weight excluding hydrogens is 410 g/mol. The van der Waals surface area contributed by atoms with Gasteiger partial charge in [0, 0.05) is 18.5 Å². The number of hydrogen-bond acceptors (Lipinski definition) is 5. The number of amides is 4. The van der Waals surface area contributed by atoms with Gasteiger partial charge in [0.2, 0.25) is 11.8 Å². The SMILES string of the molecule is O=C1CCC(N2Cc3ccc(COC(=O)NC4(c5ccccc5)CC4)cc3C2=O)C(=O)N1. The largest absolute Gasteiger partial charge is 0.445 e. The molecule has 164 valence electrons.